The molecule has 5 nitrogen and oxygen atoms in total. The molecule has 1 aromatic rings. The van der Waals surface area contributed by atoms with Crippen LogP contribution >= 0.6 is 0 Å². The monoisotopic (exact) mass is 195 g/mol. The van der Waals surface area contributed by atoms with Gasteiger partial charge in [-0.25, -0.2) is 0 Å². The van der Waals surface area contributed by atoms with E-state index >= 15 is 0 Å². The fourth-order valence-electron chi connectivity index (χ4n) is 1.70. The topological polar surface area (TPSA) is 46.0 Å². The molecule has 1 aliphatic heterocycles. The van der Waals surface area contributed by atoms with Crippen molar-refractivity contribution in [3.63, 3.8) is 0 Å². The predicted molar refractivity (Wildman–Crippen MR) is 53.6 cm³/mol. The van der Waals surface area contributed by atoms with Crippen LogP contribution in [0.15, 0.2) is 6.33 Å². The molecule has 0 fully saturated rings. The second-order valence-corrected chi connectivity index (χ2v) is 4.17. The van der Waals surface area contributed by atoms with Gasteiger partial charge < -0.3 is 9.88 Å². The molecule has 0 unspecified atom stereocenters. The summed E-state index contributed by atoms with van der Waals surface area (Å²) in [5.74, 6) is 1.06. The molecule has 0 bridgehead atoms. The quantitative estimate of drug-likeness (QED) is 0.724. The minimum Gasteiger partial charge on any atom is -0.315 e. The van der Waals surface area contributed by atoms with Gasteiger partial charge in [0.1, 0.15) is 12.2 Å². The Hall–Kier alpha value is -0.940. The van der Waals surface area contributed by atoms with Gasteiger partial charge in [-0.2, -0.15) is 0 Å². The van der Waals surface area contributed by atoms with Crippen molar-refractivity contribution in [2.45, 2.75) is 32.6 Å². The number of aromatic nitrogens is 3. The molecule has 0 aromatic carbocycles. The van der Waals surface area contributed by atoms with Gasteiger partial charge in [-0.1, -0.05) is 0 Å². The molecule has 0 saturated heterocycles. The van der Waals surface area contributed by atoms with Crippen LogP contribution in [-0.2, 0) is 13.1 Å². The van der Waals surface area contributed by atoms with E-state index in [1.165, 1.54) is 0 Å². The van der Waals surface area contributed by atoms with Crippen LogP contribution in [0.3, 0.4) is 0 Å². The predicted octanol–water partition coefficient (Wildman–Crippen LogP) is 0.0492. The van der Waals surface area contributed by atoms with Gasteiger partial charge in [-0.05, 0) is 20.9 Å². The highest BCUT2D eigenvalue weighted by Crippen LogP contribution is 2.17. The summed E-state index contributed by atoms with van der Waals surface area (Å²) >= 11 is 0. The first kappa shape index (κ1) is 9.61. The minimum absolute atomic E-state index is 0.0250. The Morgan fingerprint density at radius 3 is 2.93 bits per heavy atom. The number of hydrogen-bond acceptors (Lipinski definition) is 4. The second kappa shape index (κ2) is 3.33. The summed E-state index contributed by atoms with van der Waals surface area (Å²) in [6.45, 7) is 7.25. The molecule has 14 heavy (non-hydrogen) atoms. The van der Waals surface area contributed by atoms with E-state index in [1.54, 1.807) is 6.33 Å². The summed E-state index contributed by atoms with van der Waals surface area (Å²) in [5, 5.41) is 11.3. The van der Waals surface area contributed by atoms with Gasteiger partial charge in [0, 0.05) is 13.1 Å². The maximum absolute atomic E-state index is 4.10. The number of rotatable bonds is 2. The first-order valence-electron chi connectivity index (χ1n) is 4.94. The fraction of sp³-hybridized carbons (Fsp3) is 0.778. The molecule has 0 spiro atoms. The molecule has 78 valence electrons. The highest BCUT2D eigenvalue weighted by atomic mass is 15.4. The molecule has 0 saturated carbocycles. The molecule has 5 heteroatoms. The van der Waals surface area contributed by atoms with Crippen molar-refractivity contribution in [1.82, 2.24) is 25.0 Å². The molecule has 2 heterocycles. The van der Waals surface area contributed by atoms with E-state index in [1.807, 2.05) is 7.05 Å². The van der Waals surface area contributed by atoms with Gasteiger partial charge in [-0.3, -0.25) is 4.90 Å². The number of fused-ring (bicyclic) bond motifs is 1. The average molecular weight is 195 g/mol. The minimum atomic E-state index is 0.0250. The first-order chi connectivity index (χ1) is 6.63. The van der Waals surface area contributed by atoms with Crippen LogP contribution < -0.4 is 5.32 Å². The van der Waals surface area contributed by atoms with Gasteiger partial charge in [0.05, 0.1) is 12.2 Å². The average Bonchev–Trinajstić information content (AvgIpc) is 2.64. The Morgan fingerprint density at radius 2 is 2.21 bits per heavy atom. The third kappa shape index (κ3) is 1.53. The van der Waals surface area contributed by atoms with E-state index in [9.17, 15) is 0 Å². The summed E-state index contributed by atoms with van der Waals surface area (Å²) in [7, 11) is 1.99. The Balaban J connectivity index is 2.15. The highest BCUT2D eigenvalue weighted by molar-refractivity contribution is 4.93. The van der Waals surface area contributed by atoms with Gasteiger partial charge in [0.25, 0.3) is 0 Å². The van der Waals surface area contributed by atoms with Crippen molar-refractivity contribution in [1.29, 1.82) is 0 Å². The summed E-state index contributed by atoms with van der Waals surface area (Å²) in [5.41, 5.74) is 0.0250. The van der Waals surface area contributed by atoms with Crippen molar-refractivity contribution < 1.29 is 0 Å². The molecule has 1 aromatic heterocycles. The van der Waals surface area contributed by atoms with E-state index in [2.05, 4.69) is 38.8 Å². The van der Waals surface area contributed by atoms with Crippen LogP contribution in [0.5, 0.6) is 0 Å². The van der Waals surface area contributed by atoms with E-state index in [0.717, 1.165) is 25.5 Å². The summed E-state index contributed by atoms with van der Waals surface area (Å²) in [4.78, 5) is 2.37. The summed E-state index contributed by atoms with van der Waals surface area (Å²) in [6.07, 6.45) is 1.80. The Kier molecular flexibility index (Phi) is 2.28. The lowest BCUT2D eigenvalue weighted by Crippen LogP contribution is -2.55. The van der Waals surface area contributed by atoms with Gasteiger partial charge >= 0.3 is 0 Å². The maximum Gasteiger partial charge on any atom is 0.147 e. The SMILES string of the molecule is CNC(C)(C)N1CCn2cnnc2C1. The molecule has 0 atom stereocenters. The number of nitrogens with one attached hydrogen (secondary N) is 1. The smallest absolute Gasteiger partial charge is 0.147 e. The highest BCUT2D eigenvalue weighted by Gasteiger charge is 2.28. The number of nitrogens with zero attached hydrogens (tertiary/aromatic N) is 4. The zero-order valence-electron chi connectivity index (χ0n) is 8.99. The van der Waals surface area contributed by atoms with Crippen molar-refractivity contribution >= 4 is 0 Å². The van der Waals surface area contributed by atoms with Crippen LogP contribution in [0, 0.1) is 0 Å². The van der Waals surface area contributed by atoms with Crippen molar-refractivity contribution in [2.75, 3.05) is 13.6 Å². The molecule has 1 aliphatic rings. The van der Waals surface area contributed by atoms with E-state index in [0.29, 0.717) is 0 Å². The standard InChI is InChI=1S/C9H17N5/c1-9(2,10-3)14-5-4-13-7-11-12-8(13)6-14/h7,10H,4-6H2,1-3H3. The fourth-order valence-corrected chi connectivity index (χ4v) is 1.70. The first-order valence-corrected chi connectivity index (χ1v) is 4.94. The lowest BCUT2D eigenvalue weighted by atomic mass is 10.1. The van der Waals surface area contributed by atoms with Crippen LogP contribution in [0.2, 0.25) is 0 Å². The van der Waals surface area contributed by atoms with Crippen LogP contribution in [-0.4, -0.2) is 38.9 Å². The Labute approximate surface area is 84.1 Å². The zero-order chi connectivity index (χ0) is 10.2. The molecule has 0 aliphatic carbocycles. The van der Waals surface area contributed by atoms with E-state index in [4.69, 9.17) is 0 Å². The van der Waals surface area contributed by atoms with E-state index < -0.39 is 0 Å². The van der Waals surface area contributed by atoms with Crippen molar-refractivity contribution in [3.05, 3.63) is 12.2 Å². The van der Waals surface area contributed by atoms with Crippen molar-refractivity contribution in [2.24, 2.45) is 0 Å². The summed E-state index contributed by atoms with van der Waals surface area (Å²) < 4.78 is 2.11. The largest absolute Gasteiger partial charge is 0.315 e. The maximum atomic E-state index is 4.10. The Morgan fingerprint density at radius 1 is 1.43 bits per heavy atom. The molecular weight excluding hydrogens is 178 g/mol. The lowest BCUT2D eigenvalue weighted by Gasteiger charge is -2.40. The normalized spacial score (nSPS) is 18.2. The lowest BCUT2D eigenvalue weighted by molar-refractivity contribution is 0.0641. The van der Waals surface area contributed by atoms with Gasteiger partial charge in [0.15, 0.2) is 0 Å². The van der Waals surface area contributed by atoms with Crippen LogP contribution in [0.1, 0.15) is 19.7 Å². The molecule has 0 amide bonds. The molecule has 1 N–H and O–H groups in total. The van der Waals surface area contributed by atoms with E-state index in [-0.39, 0.29) is 5.66 Å². The third-order valence-electron chi connectivity index (χ3n) is 3.04. The van der Waals surface area contributed by atoms with Gasteiger partial charge in [0.2, 0.25) is 0 Å². The van der Waals surface area contributed by atoms with Crippen LogP contribution in [0.25, 0.3) is 0 Å². The molecule has 0 radical (unpaired) electrons. The second-order valence-electron chi connectivity index (χ2n) is 4.17. The van der Waals surface area contributed by atoms with Gasteiger partial charge in [-0.15, -0.1) is 10.2 Å². The third-order valence-corrected chi connectivity index (χ3v) is 3.04. The number of hydrogen-bond donors (Lipinski definition) is 1. The van der Waals surface area contributed by atoms with Crippen molar-refractivity contribution in [3.8, 4) is 0 Å². The summed E-state index contributed by atoms with van der Waals surface area (Å²) in [6, 6.07) is 0. The Bertz CT molecular complexity index is 317. The zero-order valence-corrected chi connectivity index (χ0v) is 8.99. The molecular formula is C9H17N5. The van der Waals surface area contributed by atoms with Crippen LogP contribution in [0.4, 0.5) is 0 Å². The molecule has 2 rings (SSSR count).